The molecule has 1 aromatic rings. The van der Waals surface area contributed by atoms with Crippen LogP contribution in [-0.2, 0) is 10.9 Å². The Labute approximate surface area is 115 Å². The van der Waals surface area contributed by atoms with E-state index in [4.69, 9.17) is 5.26 Å². The summed E-state index contributed by atoms with van der Waals surface area (Å²) in [5.41, 5.74) is -3.17. The zero-order chi connectivity index (χ0) is 16.2. The third-order valence-electron chi connectivity index (χ3n) is 2.23. The second-order valence-corrected chi connectivity index (χ2v) is 3.61. The van der Waals surface area contributed by atoms with Crippen molar-refractivity contribution in [2.75, 3.05) is 6.61 Å². The molecule has 0 atom stereocenters. The van der Waals surface area contributed by atoms with Gasteiger partial charge in [0.1, 0.15) is 11.3 Å². The molecule has 0 amide bonds. The van der Waals surface area contributed by atoms with Gasteiger partial charge in [-0.2, -0.15) is 27.2 Å². The molecule has 0 aliphatic rings. The lowest BCUT2D eigenvalue weighted by Crippen LogP contribution is -2.15. The van der Waals surface area contributed by atoms with E-state index in [1.165, 1.54) is 13.0 Å². The molecule has 1 rings (SSSR count). The Morgan fingerprint density at radius 3 is 2.43 bits per heavy atom. The number of nitrogens with zero attached hydrogens (tertiary/aromatic N) is 1. The first-order valence-electron chi connectivity index (χ1n) is 5.48. The molecular weight excluding hydrogens is 301 g/mol. The van der Waals surface area contributed by atoms with Gasteiger partial charge in [-0.3, -0.25) is 0 Å². The molecule has 0 unspecified atom stereocenters. The monoisotopic (exact) mass is 309 g/mol. The molecule has 0 saturated carbocycles. The number of hydrogen-bond acceptors (Lipinski definition) is 4. The summed E-state index contributed by atoms with van der Waals surface area (Å²) < 4.78 is 71.2. The van der Waals surface area contributed by atoms with E-state index in [0.717, 1.165) is 0 Å². The van der Waals surface area contributed by atoms with Crippen molar-refractivity contribution in [2.24, 2.45) is 0 Å². The van der Waals surface area contributed by atoms with Crippen LogP contribution in [0.5, 0.6) is 5.75 Å². The van der Waals surface area contributed by atoms with Crippen molar-refractivity contribution in [3.05, 3.63) is 28.8 Å². The molecule has 114 valence electrons. The van der Waals surface area contributed by atoms with Gasteiger partial charge in [0.25, 0.3) is 0 Å². The third kappa shape index (κ3) is 4.05. The Bertz CT molecular complexity index is 577. The van der Waals surface area contributed by atoms with Crippen molar-refractivity contribution < 1.29 is 36.2 Å². The molecule has 0 spiro atoms. The van der Waals surface area contributed by atoms with Crippen molar-refractivity contribution in [3.63, 3.8) is 0 Å². The standard InChI is InChI=1S/C12H8F5NO3/c1-2-20-10(19)6-3-7(5-18)9(12(15,16)17)8(4-6)21-11(13)14/h3-4,11H,2H2,1H3. The first kappa shape index (κ1) is 16.7. The van der Waals surface area contributed by atoms with Crippen LogP contribution < -0.4 is 4.74 Å². The van der Waals surface area contributed by atoms with E-state index in [0.29, 0.717) is 12.1 Å². The van der Waals surface area contributed by atoms with E-state index < -0.39 is 41.2 Å². The van der Waals surface area contributed by atoms with Crippen molar-refractivity contribution in [1.29, 1.82) is 5.26 Å². The van der Waals surface area contributed by atoms with Crippen LogP contribution in [0.25, 0.3) is 0 Å². The molecule has 0 bridgehead atoms. The van der Waals surface area contributed by atoms with Crippen molar-refractivity contribution in [1.82, 2.24) is 0 Å². The van der Waals surface area contributed by atoms with Gasteiger partial charge < -0.3 is 9.47 Å². The zero-order valence-corrected chi connectivity index (χ0v) is 10.5. The lowest BCUT2D eigenvalue weighted by Gasteiger charge is -2.16. The maximum Gasteiger partial charge on any atom is 0.421 e. The molecule has 0 N–H and O–H groups in total. The molecule has 0 aromatic heterocycles. The lowest BCUT2D eigenvalue weighted by atomic mass is 10.0. The number of carbonyl (C=O) groups excluding carboxylic acids is 1. The number of nitriles is 1. The number of halogens is 5. The van der Waals surface area contributed by atoms with Crippen LogP contribution in [0.1, 0.15) is 28.4 Å². The first-order valence-corrected chi connectivity index (χ1v) is 5.48. The molecule has 4 nitrogen and oxygen atoms in total. The molecule has 0 heterocycles. The SMILES string of the molecule is CCOC(=O)c1cc(C#N)c(C(F)(F)F)c(OC(F)F)c1. The minimum absolute atomic E-state index is 0.0766. The minimum atomic E-state index is -5.09. The summed E-state index contributed by atoms with van der Waals surface area (Å²) in [7, 11) is 0. The van der Waals surface area contributed by atoms with Gasteiger partial charge in [0.2, 0.25) is 0 Å². The Balaban J connectivity index is 3.51. The fourth-order valence-corrected chi connectivity index (χ4v) is 1.52. The second kappa shape index (κ2) is 6.39. The molecule has 9 heteroatoms. The molecule has 0 radical (unpaired) electrons. The normalized spacial score (nSPS) is 11.1. The maximum absolute atomic E-state index is 12.8. The predicted octanol–water partition coefficient (Wildman–Crippen LogP) is 3.36. The van der Waals surface area contributed by atoms with Gasteiger partial charge in [0.15, 0.2) is 0 Å². The highest BCUT2D eigenvalue weighted by Crippen LogP contribution is 2.40. The number of hydrogen-bond donors (Lipinski definition) is 0. The summed E-state index contributed by atoms with van der Waals surface area (Å²) in [5.74, 6) is -2.36. The van der Waals surface area contributed by atoms with Gasteiger partial charge >= 0.3 is 18.8 Å². The molecule has 0 saturated heterocycles. The van der Waals surface area contributed by atoms with E-state index >= 15 is 0 Å². The second-order valence-electron chi connectivity index (χ2n) is 3.61. The maximum atomic E-state index is 12.8. The zero-order valence-electron chi connectivity index (χ0n) is 10.5. The summed E-state index contributed by atoms with van der Waals surface area (Å²) in [6, 6.07) is 2.28. The van der Waals surface area contributed by atoms with Gasteiger partial charge in [-0.1, -0.05) is 0 Å². The topological polar surface area (TPSA) is 59.3 Å². The summed E-state index contributed by atoms with van der Waals surface area (Å²) >= 11 is 0. The lowest BCUT2D eigenvalue weighted by molar-refractivity contribution is -0.142. The Kier molecular flexibility index (Phi) is 5.07. The highest BCUT2D eigenvalue weighted by molar-refractivity contribution is 5.90. The fourth-order valence-electron chi connectivity index (χ4n) is 1.52. The predicted molar refractivity (Wildman–Crippen MR) is 58.7 cm³/mol. The molecule has 21 heavy (non-hydrogen) atoms. The number of rotatable bonds is 4. The third-order valence-corrected chi connectivity index (χ3v) is 2.23. The van der Waals surface area contributed by atoms with Crippen LogP contribution in [0.4, 0.5) is 22.0 Å². The summed E-state index contributed by atoms with van der Waals surface area (Å²) in [4.78, 5) is 11.5. The molecule has 0 aliphatic heterocycles. The van der Waals surface area contributed by atoms with Crippen molar-refractivity contribution in [2.45, 2.75) is 19.7 Å². The van der Waals surface area contributed by atoms with E-state index in [9.17, 15) is 26.7 Å². The fraction of sp³-hybridized carbons (Fsp3) is 0.333. The average Bonchev–Trinajstić information content (AvgIpc) is 2.35. The van der Waals surface area contributed by atoms with Crippen LogP contribution in [0.3, 0.4) is 0 Å². The number of benzene rings is 1. The Morgan fingerprint density at radius 1 is 1.38 bits per heavy atom. The van der Waals surface area contributed by atoms with Crippen LogP contribution >= 0.6 is 0 Å². The number of esters is 1. The molecule has 0 aliphatic carbocycles. The molecule has 1 aromatic carbocycles. The van der Waals surface area contributed by atoms with Crippen LogP contribution in [0, 0.1) is 11.3 Å². The van der Waals surface area contributed by atoms with E-state index in [1.54, 1.807) is 0 Å². The first-order chi connectivity index (χ1) is 9.70. The Hall–Kier alpha value is -2.37. The molecular formula is C12H8F5NO3. The van der Waals surface area contributed by atoms with Gasteiger partial charge in [0, 0.05) is 0 Å². The summed E-state index contributed by atoms with van der Waals surface area (Å²) in [6.07, 6.45) is -5.09. The minimum Gasteiger partial charge on any atom is -0.462 e. The van der Waals surface area contributed by atoms with Crippen molar-refractivity contribution in [3.8, 4) is 11.8 Å². The van der Waals surface area contributed by atoms with E-state index in [-0.39, 0.29) is 6.61 Å². The highest BCUT2D eigenvalue weighted by atomic mass is 19.4. The highest BCUT2D eigenvalue weighted by Gasteiger charge is 2.39. The van der Waals surface area contributed by atoms with Crippen LogP contribution in [0.15, 0.2) is 12.1 Å². The largest absolute Gasteiger partial charge is 0.462 e. The molecule has 0 fully saturated rings. The Morgan fingerprint density at radius 2 is 2.00 bits per heavy atom. The summed E-state index contributed by atoms with van der Waals surface area (Å²) in [6.45, 7) is -2.17. The summed E-state index contributed by atoms with van der Waals surface area (Å²) in [5, 5.41) is 8.73. The van der Waals surface area contributed by atoms with Crippen LogP contribution in [-0.4, -0.2) is 19.2 Å². The van der Waals surface area contributed by atoms with E-state index in [1.807, 2.05) is 0 Å². The quantitative estimate of drug-likeness (QED) is 0.632. The number of alkyl halides is 5. The van der Waals surface area contributed by atoms with Crippen molar-refractivity contribution >= 4 is 5.97 Å². The van der Waals surface area contributed by atoms with Gasteiger partial charge in [-0.05, 0) is 19.1 Å². The number of carbonyl (C=O) groups is 1. The average molecular weight is 309 g/mol. The van der Waals surface area contributed by atoms with E-state index in [2.05, 4.69) is 9.47 Å². The van der Waals surface area contributed by atoms with Crippen LogP contribution in [0.2, 0.25) is 0 Å². The smallest absolute Gasteiger partial charge is 0.421 e. The van der Waals surface area contributed by atoms with Gasteiger partial charge in [-0.25, -0.2) is 4.79 Å². The van der Waals surface area contributed by atoms with Gasteiger partial charge in [-0.15, -0.1) is 0 Å². The number of ether oxygens (including phenoxy) is 2. The van der Waals surface area contributed by atoms with Gasteiger partial charge in [0.05, 0.1) is 23.8 Å².